The molecule has 0 aliphatic carbocycles. The monoisotopic (exact) mass is 214 g/mol. The molecule has 0 saturated carbocycles. The number of thiophene rings is 2. The van der Waals surface area contributed by atoms with Crippen LogP contribution in [0.25, 0.3) is 0 Å². The molecule has 0 unspecified atom stereocenters. The van der Waals surface area contributed by atoms with Crippen LogP contribution in [0.5, 0.6) is 0 Å². The molecule has 0 N–H and O–H groups in total. The average Bonchev–Trinajstić information content (AvgIpc) is 2.77. The molecule has 0 aliphatic heterocycles. The smallest absolute Gasteiger partial charge is 0.848 e. The minimum atomic E-state index is -0.803. The zero-order valence-electron chi connectivity index (χ0n) is 9.11. The summed E-state index contributed by atoms with van der Waals surface area (Å²) in [5.41, 5.74) is 1.43. The van der Waals surface area contributed by atoms with Gasteiger partial charge in [-0.05, 0) is 0 Å². The molecule has 1 nitrogen and oxygen atoms in total. The summed E-state index contributed by atoms with van der Waals surface area (Å²) in [4.78, 5) is 0. The Morgan fingerprint density at radius 1 is 0.933 bits per heavy atom. The topological polar surface area (TPSA) is 23.1 Å². The van der Waals surface area contributed by atoms with Crippen molar-refractivity contribution in [2.75, 3.05) is 0 Å². The van der Waals surface area contributed by atoms with Gasteiger partial charge in [-0.3, -0.25) is 0 Å². The van der Waals surface area contributed by atoms with E-state index in [4.69, 9.17) is 0 Å². The molecule has 0 atom stereocenters. The van der Waals surface area contributed by atoms with E-state index in [0.717, 1.165) is 11.1 Å². The summed E-state index contributed by atoms with van der Waals surface area (Å²) >= 11 is 2.86. The van der Waals surface area contributed by atoms with Crippen molar-refractivity contribution >= 4 is 22.7 Å². The molecule has 0 aromatic carbocycles. The van der Waals surface area contributed by atoms with Gasteiger partial charge in [0.2, 0.25) is 0 Å². The summed E-state index contributed by atoms with van der Waals surface area (Å²) in [5, 5.41) is 21.2. The fourth-order valence-electron chi connectivity index (χ4n) is 0.936. The van der Waals surface area contributed by atoms with Gasteiger partial charge in [0.1, 0.15) is 0 Å². The summed E-state index contributed by atoms with van der Waals surface area (Å²) in [6, 6.07) is 3.63. The molecule has 2 heterocycles. The van der Waals surface area contributed by atoms with Gasteiger partial charge in [0.25, 0.3) is 0 Å². The van der Waals surface area contributed by atoms with Crippen LogP contribution < -0.4 is 61.7 Å². The van der Waals surface area contributed by atoms with Crippen LogP contribution in [0.15, 0.2) is 22.9 Å². The summed E-state index contributed by atoms with van der Waals surface area (Å²) in [6.45, 7) is 0. The van der Waals surface area contributed by atoms with Gasteiger partial charge in [-0.2, -0.15) is 21.9 Å². The maximum absolute atomic E-state index is 11.6. The second kappa shape index (κ2) is 9.21. The molecular weight excluding hydrogens is 209 g/mol. The number of hydrogen-bond donors (Lipinski definition) is 0. The van der Waals surface area contributed by atoms with E-state index in [0.29, 0.717) is 0 Å². The van der Waals surface area contributed by atoms with Crippen molar-refractivity contribution in [3.05, 3.63) is 44.8 Å². The molecule has 0 aliphatic rings. The fourth-order valence-corrected chi connectivity index (χ4v) is 2.12. The third kappa shape index (κ3) is 4.89. The molecular formula is C9H5Li3OS2. The maximum Gasteiger partial charge on any atom is 1.00 e. The van der Waals surface area contributed by atoms with Crippen LogP contribution >= 0.6 is 22.7 Å². The Bertz CT molecular complexity index is 300. The third-order valence-corrected chi connectivity index (χ3v) is 2.80. The Hall–Kier alpha value is 1.15. The van der Waals surface area contributed by atoms with Crippen LogP contribution in [-0.4, -0.2) is 0 Å². The van der Waals surface area contributed by atoms with Crippen molar-refractivity contribution in [3.63, 3.8) is 0 Å². The zero-order valence-corrected chi connectivity index (χ0v) is 10.7. The Kier molecular flexibility index (Phi) is 11.4. The van der Waals surface area contributed by atoms with E-state index < -0.39 is 6.10 Å². The summed E-state index contributed by atoms with van der Waals surface area (Å²) in [6.07, 6.45) is -0.803. The van der Waals surface area contributed by atoms with Gasteiger partial charge in [0.15, 0.2) is 0 Å². The van der Waals surface area contributed by atoms with Gasteiger partial charge in [-0.1, -0.05) is 0 Å². The van der Waals surface area contributed by atoms with Gasteiger partial charge in [-0.25, -0.2) is 12.1 Å². The Morgan fingerprint density at radius 3 is 1.60 bits per heavy atom. The molecule has 15 heavy (non-hydrogen) atoms. The van der Waals surface area contributed by atoms with Crippen LogP contribution in [0, 0.1) is 10.8 Å². The molecule has 0 amide bonds. The molecule has 0 saturated heterocycles. The Labute approximate surface area is 134 Å². The molecule has 2 rings (SSSR count). The van der Waals surface area contributed by atoms with Crippen molar-refractivity contribution < 1.29 is 61.7 Å². The van der Waals surface area contributed by atoms with Crippen LogP contribution in [0.4, 0.5) is 0 Å². The largest absolute Gasteiger partial charge is 1.00 e. The minimum Gasteiger partial charge on any atom is -0.848 e. The molecule has 2 aromatic heterocycles. The van der Waals surface area contributed by atoms with Crippen molar-refractivity contribution in [2.24, 2.45) is 0 Å². The van der Waals surface area contributed by atoms with Crippen molar-refractivity contribution in [1.82, 2.24) is 0 Å². The van der Waals surface area contributed by atoms with Crippen LogP contribution in [0.1, 0.15) is 17.2 Å². The fraction of sp³-hybridized carbons (Fsp3) is 0.111. The van der Waals surface area contributed by atoms with Gasteiger partial charge in [0.05, 0.1) is 0 Å². The van der Waals surface area contributed by atoms with E-state index in [-0.39, 0.29) is 56.6 Å². The second-order valence-electron chi connectivity index (χ2n) is 2.34. The average molecular weight is 214 g/mol. The quantitative estimate of drug-likeness (QED) is 0.360. The number of hydrogen-bond acceptors (Lipinski definition) is 3. The first-order chi connectivity index (χ1) is 5.88. The first kappa shape index (κ1) is 18.5. The predicted octanol–water partition coefficient (Wildman–Crippen LogP) is -7.13. The minimum absolute atomic E-state index is 0. The second-order valence-corrected chi connectivity index (χ2v) is 3.76. The number of rotatable bonds is 2. The van der Waals surface area contributed by atoms with E-state index >= 15 is 0 Å². The summed E-state index contributed by atoms with van der Waals surface area (Å²) in [5.74, 6) is 0. The van der Waals surface area contributed by atoms with Gasteiger partial charge in [0, 0.05) is 0 Å². The van der Waals surface area contributed by atoms with E-state index in [9.17, 15) is 5.11 Å². The molecule has 0 fully saturated rings. The van der Waals surface area contributed by atoms with Gasteiger partial charge >= 0.3 is 56.6 Å². The Balaban J connectivity index is 0. The van der Waals surface area contributed by atoms with Crippen LogP contribution in [0.3, 0.4) is 0 Å². The van der Waals surface area contributed by atoms with Crippen LogP contribution in [0.2, 0.25) is 0 Å². The molecule has 6 heteroatoms. The normalized spacial score (nSPS) is 8.67. The van der Waals surface area contributed by atoms with E-state index in [1.807, 2.05) is 22.9 Å². The standard InChI is InChI=1S/C9H5OS2.3Li/c10-9(7-1-3-11-5-7)8-2-4-12-6-8;;;/h1-4,9H;;;/q-3;3*+1. The maximum atomic E-state index is 11.6. The first-order valence-corrected chi connectivity index (χ1v) is 5.20. The summed E-state index contributed by atoms with van der Waals surface area (Å²) in [7, 11) is 0. The molecule has 0 spiro atoms. The third-order valence-electron chi connectivity index (χ3n) is 1.55. The van der Waals surface area contributed by atoms with E-state index in [1.165, 1.54) is 22.7 Å². The molecule has 0 bridgehead atoms. The van der Waals surface area contributed by atoms with Crippen LogP contribution in [-0.2, 0) is 0 Å². The Morgan fingerprint density at radius 2 is 1.33 bits per heavy atom. The van der Waals surface area contributed by atoms with Gasteiger partial charge < -0.3 is 27.8 Å². The first-order valence-electron chi connectivity index (χ1n) is 3.44. The molecule has 0 radical (unpaired) electrons. The van der Waals surface area contributed by atoms with E-state index in [1.54, 1.807) is 0 Å². The SMILES string of the molecule is [Li+].[Li+].[Li+].[O-]C(c1[c-]scc1)c1[c-]scc1. The van der Waals surface area contributed by atoms with Crippen molar-refractivity contribution in [2.45, 2.75) is 6.10 Å². The van der Waals surface area contributed by atoms with Crippen molar-refractivity contribution in [3.8, 4) is 0 Å². The van der Waals surface area contributed by atoms with Gasteiger partial charge in [-0.15, -0.1) is 16.9 Å². The van der Waals surface area contributed by atoms with Crippen molar-refractivity contribution in [1.29, 1.82) is 0 Å². The molecule has 2 aromatic rings. The predicted molar refractivity (Wildman–Crippen MR) is 48.2 cm³/mol. The molecule has 62 valence electrons. The van der Waals surface area contributed by atoms with E-state index in [2.05, 4.69) is 10.8 Å². The summed E-state index contributed by atoms with van der Waals surface area (Å²) < 4.78 is 0. The zero-order chi connectivity index (χ0) is 8.39.